The highest BCUT2D eigenvalue weighted by molar-refractivity contribution is 7.07. The Kier molecular flexibility index (Phi) is 4.94. The average Bonchev–Trinajstić information content (AvgIpc) is 2.88. The maximum Gasteiger partial charge on any atom is 0.220 e. The summed E-state index contributed by atoms with van der Waals surface area (Å²) in [5.41, 5.74) is 2.82. The summed E-state index contributed by atoms with van der Waals surface area (Å²) in [5.74, 6) is 0.746. The molecular formula is C12H19N3OS. The lowest BCUT2D eigenvalue weighted by atomic mass is 10.00. The minimum atomic E-state index is 0.142. The number of rotatable bonds is 5. The smallest absolute Gasteiger partial charge is 0.220 e. The Labute approximate surface area is 106 Å². The first-order valence-electron chi connectivity index (χ1n) is 6.19. The van der Waals surface area contributed by atoms with Gasteiger partial charge in [0.1, 0.15) is 0 Å². The van der Waals surface area contributed by atoms with Crippen LogP contribution in [0.2, 0.25) is 0 Å². The average molecular weight is 253 g/mol. The quantitative estimate of drug-likeness (QED) is 0.829. The van der Waals surface area contributed by atoms with E-state index in [0.717, 1.165) is 31.7 Å². The van der Waals surface area contributed by atoms with Crippen LogP contribution in [0.5, 0.6) is 0 Å². The number of carbonyl (C=O) groups is 1. The molecule has 4 nitrogen and oxygen atoms in total. The zero-order valence-electron chi connectivity index (χ0n) is 9.95. The van der Waals surface area contributed by atoms with E-state index in [1.165, 1.54) is 12.8 Å². The molecule has 1 aliphatic rings. The molecule has 0 radical (unpaired) electrons. The molecule has 5 heteroatoms. The highest BCUT2D eigenvalue weighted by atomic mass is 32.1. The summed E-state index contributed by atoms with van der Waals surface area (Å²) < 4.78 is 0. The molecule has 0 aliphatic carbocycles. The van der Waals surface area contributed by atoms with Crippen LogP contribution < -0.4 is 10.6 Å². The Bertz CT molecular complexity index is 334. The van der Waals surface area contributed by atoms with Crippen molar-refractivity contribution in [2.45, 2.75) is 25.7 Å². The van der Waals surface area contributed by atoms with E-state index in [1.54, 1.807) is 16.8 Å². The monoisotopic (exact) mass is 253 g/mol. The number of aromatic nitrogens is 1. The molecule has 1 unspecified atom stereocenters. The van der Waals surface area contributed by atoms with Crippen molar-refractivity contribution in [3.63, 3.8) is 0 Å². The molecule has 0 aromatic carbocycles. The normalized spacial score (nSPS) is 20.1. The highest BCUT2D eigenvalue weighted by Crippen LogP contribution is 2.08. The molecule has 1 aromatic heterocycles. The Morgan fingerprint density at radius 3 is 3.29 bits per heavy atom. The first kappa shape index (κ1) is 12.5. The van der Waals surface area contributed by atoms with Crippen LogP contribution in [0.3, 0.4) is 0 Å². The molecule has 1 amide bonds. The van der Waals surface area contributed by atoms with Gasteiger partial charge in [-0.2, -0.15) is 0 Å². The van der Waals surface area contributed by atoms with Gasteiger partial charge in [0, 0.05) is 18.3 Å². The lowest BCUT2D eigenvalue weighted by Crippen LogP contribution is -2.38. The number of hydrogen-bond acceptors (Lipinski definition) is 4. The molecular weight excluding hydrogens is 234 g/mol. The Morgan fingerprint density at radius 2 is 2.59 bits per heavy atom. The maximum absolute atomic E-state index is 11.6. The first-order chi connectivity index (χ1) is 8.34. The van der Waals surface area contributed by atoms with E-state index < -0.39 is 0 Å². The fourth-order valence-electron chi connectivity index (χ4n) is 2.05. The number of amides is 1. The van der Waals surface area contributed by atoms with Crippen LogP contribution in [0.15, 0.2) is 10.9 Å². The van der Waals surface area contributed by atoms with Crippen molar-refractivity contribution in [3.8, 4) is 0 Å². The van der Waals surface area contributed by atoms with Gasteiger partial charge in [0.2, 0.25) is 5.91 Å². The Balaban J connectivity index is 1.60. The lowest BCUT2D eigenvalue weighted by Gasteiger charge is -2.22. The molecule has 2 N–H and O–H groups in total. The van der Waals surface area contributed by atoms with Crippen LogP contribution in [0.25, 0.3) is 0 Å². The molecule has 1 aromatic rings. The topological polar surface area (TPSA) is 54.0 Å². The Morgan fingerprint density at radius 1 is 1.65 bits per heavy atom. The second-order valence-corrected chi connectivity index (χ2v) is 5.21. The van der Waals surface area contributed by atoms with Gasteiger partial charge >= 0.3 is 0 Å². The number of carbonyl (C=O) groups excluding carboxylic acids is 1. The van der Waals surface area contributed by atoms with Crippen LogP contribution in [-0.4, -0.2) is 30.5 Å². The van der Waals surface area contributed by atoms with Crippen molar-refractivity contribution in [2.24, 2.45) is 5.92 Å². The van der Waals surface area contributed by atoms with Gasteiger partial charge < -0.3 is 10.6 Å². The molecule has 1 atom stereocenters. The van der Waals surface area contributed by atoms with E-state index in [-0.39, 0.29) is 5.91 Å². The van der Waals surface area contributed by atoms with Gasteiger partial charge in [0.15, 0.2) is 0 Å². The van der Waals surface area contributed by atoms with Crippen molar-refractivity contribution in [1.29, 1.82) is 0 Å². The maximum atomic E-state index is 11.6. The SMILES string of the molecule is O=C(CCc1cscn1)NCC1CCCNC1. The standard InChI is InChI=1S/C12H19N3OS/c16-12(4-3-11-8-17-9-15-11)14-7-10-2-1-5-13-6-10/h8-10,13H,1-7H2,(H,14,16). The van der Waals surface area contributed by atoms with Crippen molar-refractivity contribution < 1.29 is 4.79 Å². The summed E-state index contributed by atoms with van der Waals surface area (Å²) in [7, 11) is 0. The highest BCUT2D eigenvalue weighted by Gasteiger charge is 2.13. The molecule has 2 rings (SSSR count). The van der Waals surface area contributed by atoms with E-state index in [2.05, 4.69) is 15.6 Å². The van der Waals surface area contributed by atoms with Gasteiger partial charge in [-0.25, -0.2) is 4.98 Å². The van der Waals surface area contributed by atoms with Crippen LogP contribution >= 0.6 is 11.3 Å². The van der Waals surface area contributed by atoms with Gasteiger partial charge in [-0.05, 0) is 38.3 Å². The van der Waals surface area contributed by atoms with Crippen molar-refractivity contribution >= 4 is 17.2 Å². The second-order valence-electron chi connectivity index (χ2n) is 4.50. The number of nitrogens with one attached hydrogen (secondary N) is 2. The molecule has 1 aliphatic heterocycles. The van der Waals surface area contributed by atoms with Gasteiger partial charge in [0.25, 0.3) is 0 Å². The van der Waals surface area contributed by atoms with Crippen molar-refractivity contribution in [3.05, 3.63) is 16.6 Å². The van der Waals surface area contributed by atoms with Crippen LogP contribution in [0.1, 0.15) is 25.0 Å². The third kappa shape index (κ3) is 4.44. The summed E-state index contributed by atoms with van der Waals surface area (Å²) in [6, 6.07) is 0. The third-order valence-electron chi connectivity index (χ3n) is 3.08. The summed E-state index contributed by atoms with van der Waals surface area (Å²) >= 11 is 1.58. The predicted octanol–water partition coefficient (Wildman–Crippen LogP) is 1.19. The minimum absolute atomic E-state index is 0.142. The molecule has 17 heavy (non-hydrogen) atoms. The van der Waals surface area contributed by atoms with Gasteiger partial charge in [0.05, 0.1) is 11.2 Å². The summed E-state index contributed by atoms with van der Waals surface area (Å²) in [5, 5.41) is 8.36. The van der Waals surface area contributed by atoms with Crippen molar-refractivity contribution in [1.82, 2.24) is 15.6 Å². The molecule has 0 bridgehead atoms. The van der Waals surface area contributed by atoms with Gasteiger partial charge in [-0.3, -0.25) is 4.79 Å². The van der Waals surface area contributed by atoms with Crippen molar-refractivity contribution in [2.75, 3.05) is 19.6 Å². The number of aryl methyl sites for hydroxylation is 1. The zero-order valence-corrected chi connectivity index (χ0v) is 10.8. The number of piperidine rings is 1. The van der Waals surface area contributed by atoms with Gasteiger partial charge in [-0.1, -0.05) is 0 Å². The largest absolute Gasteiger partial charge is 0.356 e. The van der Waals surface area contributed by atoms with E-state index in [1.807, 2.05) is 5.38 Å². The van der Waals surface area contributed by atoms with E-state index >= 15 is 0 Å². The van der Waals surface area contributed by atoms with Crippen LogP contribution in [0.4, 0.5) is 0 Å². The molecule has 0 spiro atoms. The molecule has 0 saturated carbocycles. The Hall–Kier alpha value is -0.940. The first-order valence-corrected chi connectivity index (χ1v) is 7.13. The van der Waals surface area contributed by atoms with Crippen LogP contribution in [0, 0.1) is 5.92 Å². The molecule has 1 fully saturated rings. The number of nitrogens with zero attached hydrogens (tertiary/aromatic N) is 1. The zero-order chi connectivity index (χ0) is 11.9. The summed E-state index contributed by atoms with van der Waals surface area (Å²) in [4.78, 5) is 15.8. The molecule has 2 heterocycles. The van der Waals surface area contributed by atoms with E-state index in [0.29, 0.717) is 12.3 Å². The second kappa shape index (κ2) is 6.71. The minimum Gasteiger partial charge on any atom is -0.356 e. The molecule has 1 saturated heterocycles. The fraction of sp³-hybridized carbons (Fsp3) is 0.667. The summed E-state index contributed by atoms with van der Waals surface area (Å²) in [6.07, 6.45) is 3.74. The lowest BCUT2D eigenvalue weighted by molar-refractivity contribution is -0.121. The third-order valence-corrected chi connectivity index (χ3v) is 3.71. The van der Waals surface area contributed by atoms with Crippen LogP contribution in [-0.2, 0) is 11.2 Å². The summed E-state index contributed by atoms with van der Waals surface area (Å²) in [6.45, 7) is 2.96. The van der Waals surface area contributed by atoms with E-state index in [9.17, 15) is 4.79 Å². The van der Waals surface area contributed by atoms with Gasteiger partial charge in [-0.15, -0.1) is 11.3 Å². The number of thiazole rings is 1. The predicted molar refractivity (Wildman–Crippen MR) is 69.0 cm³/mol. The number of hydrogen-bond donors (Lipinski definition) is 2. The molecule has 94 valence electrons. The fourth-order valence-corrected chi connectivity index (χ4v) is 2.64. The van der Waals surface area contributed by atoms with E-state index in [4.69, 9.17) is 0 Å².